The highest BCUT2D eigenvalue weighted by Crippen LogP contribution is 2.20. The first-order valence-electron chi connectivity index (χ1n) is 11.7. The number of esters is 1. The van der Waals surface area contributed by atoms with E-state index >= 15 is 0 Å². The second-order valence-corrected chi connectivity index (χ2v) is 8.53. The Morgan fingerprint density at radius 2 is 1.36 bits per heavy atom. The lowest BCUT2D eigenvalue weighted by Crippen LogP contribution is -2.40. The number of carbonyl (C=O) groups excluding carboxylic acids is 2. The molecule has 1 amide bonds. The maximum absolute atomic E-state index is 12.2. The minimum absolute atomic E-state index is 0.0441. The van der Waals surface area contributed by atoms with Crippen LogP contribution in [0.2, 0.25) is 0 Å². The molecule has 0 bridgehead atoms. The monoisotopic (exact) mass is 415 g/mol. The molecular formula is C23H42ClNO3. The van der Waals surface area contributed by atoms with E-state index in [-0.39, 0.29) is 17.8 Å². The molecule has 0 radical (unpaired) electrons. The summed E-state index contributed by atoms with van der Waals surface area (Å²) in [4.78, 5) is 25.8. The lowest BCUT2D eigenvalue weighted by atomic mass is 9.97. The van der Waals surface area contributed by atoms with Crippen LogP contribution in [0.25, 0.3) is 0 Å². The summed E-state index contributed by atoms with van der Waals surface area (Å²) >= 11 is 5.62. The van der Waals surface area contributed by atoms with Crippen molar-refractivity contribution in [2.24, 2.45) is 5.92 Å². The second-order valence-electron chi connectivity index (χ2n) is 8.15. The zero-order valence-electron chi connectivity index (χ0n) is 18.1. The summed E-state index contributed by atoms with van der Waals surface area (Å²) in [5.41, 5.74) is 0. The molecule has 0 aromatic rings. The van der Waals surface area contributed by atoms with Crippen molar-refractivity contribution in [2.45, 2.75) is 103 Å². The highest BCUT2D eigenvalue weighted by atomic mass is 35.5. The average Bonchev–Trinajstić information content (AvgIpc) is 2.71. The molecule has 0 aromatic carbocycles. The maximum Gasteiger partial charge on any atom is 0.309 e. The molecule has 0 saturated carbocycles. The van der Waals surface area contributed by atoms with Crippen molar-refractivity contribution < 1.29 is 14.3 Å². The fraction of sp³-hybridized carbons (Fsp3) is 0.913. The van der Waals surface area contributed by atoms with Crippen molar-refractivity contribution in [3.63, 3.8) is 0 Å². The molecule has 1 saturated heterocycles. The van der Waals surface area contributed by atoms with Gasteiger partial charge in [-0.1, -0.05) is 77.6 Å². The lowest BCUT2D eigenvalue weighted by Gasteiger charge is -2.30. The van der Waals surface area contributed by atoms with E-state index in [4.69, 9.17) is 16.3 Å². The van der Waals surface area contributed by atoms with Gasteiger partial charge in [0.25, 0.3) is 0 Å². The number of likely N-dealkylation sites (tertiary alicyclic amines) is 1. The number of unbranched alkanes of at least 4 members (excludes halogenated alkanes) is 11. The minimum atomic E-state index is -0.0764. The normalized spacial score (nSPS) is 15.0. The van der Waals surface area contributed by atoms with Crippen LogP contribution in [0.1, 0.15) is 103 Å². The van der Waals surface area contributed by atoms with Crippen molar-refractivity contribution in [2.75, 3.05) is 25.6 Å². The van der Waals surface area contributed by atoms with Crippen LogP contribution in [-0.4, -0.2) is 42.4 Å². The van der Waals surface area contributed by atoms with Crippen LogP contribution in [0.5, 0.6) is 0 Å². The smallest absolute Gasteiger partial charge is 0.309 e. The molecule has 0 spiro atoms. The highest BCUT2D eigenvalue weighted by Gasteiger charge is 2.27. The Labute approximate surface area is 177 Å². The topological polar surface area (TPSA) is 46.6 Å². The van der Waals surface area contributed by atoms with Crippen molar-refractivity contribution in [1.29, 1.82) is 0 Å². The number of nitrogens with zero attached hydrogens (tertiary/aromatic N) is 1. The van der Waals surface area contributed by atoms with Crippen LogP contribution in [0, 0.1) is 5.92 Å². The first kappa shape index (κ1) is 25.3. The van der Waals surface area contributed by atoms with Gasteiger partial charge in [-0.15, -0.1) is 11.6 Å². The van der Waals surface area contributed by atoms with E-state index in [1.165, 1.54) is 64.2 Å². The number of amides is 1. The van der Waals surface area contributed by atoms with Gasteiger partial charge in [0.2, 0.25) is 5.91 Å². The predicted molar refractivity (Wildman–Crippen MR) is 117 cm³/mol. The standard InChI is InChI=1S/C23H42ClNO3/c1-2-3-4-5-6-7-8-9-10-11-12-13-20-28-23(27)21-15-18-25(19-16-21)22(26)14-17-24/h21H,2-20H2,1H3. The average molecular weight is 416 g/mol. The molecule has 1 rings (SSSR count). The molecule has 164 valence electrons. The Morgan fingerprint density at radius 3 is 1.86 bits per heavy atom. The summed E-state index contributed by atoms with van der Waals surface area (Å²) in [5, 5.41) is 0. The van der Waals surface area contributed by atoms with Gasteiger partial charge in [0.15, 0.2) is 0 Å². The zero-order chi connectivity index (χ0) is 20.5. The lowest BCUT2D eigenvalue weighted by molar-refractivity contribution is -0.151. The predicted octanol–water partition coefficient (Wildman–Crippen LogP) is 6.10. The number of ether oxygens (including phenoxy) is 1. The van der Waals surface area contributed by atoms with Gasteiger partial charge in [-0.05, 0) is 19.3 Å². The van der Waals surface area contributed by atoms with E-state index in [9.17, 15) is 9.59 Å². The Kier molecular flexibility index (Phi) is 15.4. The molecule has 5 heteroatoms. The van der Waals surface area contributed by atoms with Gasteiger partial charge >= 0.3 is 5.97 Å². The summed E-state index contributed by atoms with van der Waals surface area (Å²) in [6, 6.07) is 0. The molecule has 0 aliphatic carbocycles. The molecule has 28 heavy (non-hydrogen) atoms. The number of alkyl halides is 1. The number of hydrogen-bond acceptors (Lipinski definition) is 3. The third kappa shape index (κ3) is 11.9. The molecule has 0 unspecified atom stereocenters. The second kappa shape index (κ2) is 17.1. The van der Waals surface area contributed by atoms with E-state index in [2.05, 4.69) is 6.92 Å². The van der Waals surface area contributed by atoms with Crippen LogP contribution in [0.3, 0.4) is 0 Å². The van der Waals surface area contributed by atoms with Gasteiger partial charge in [-0.25, -0.2) is 0 Å². The Hall–Kier alpha value is -0.770. The molecule has 1 aliphatic heterocycles. The summed E-state index contributed by atoms with van der Waals surface area (Å²) < 4.78 is 5.45. The molecular weight excluding hydrogens is 374 g/mol. The van der Waals surface area contributed by atoms with Gasteiger partial charge in [-0.3, -0.25) is 9.59 Å². The van der Waals surface area contributed by atoms with E-state index in [1.54, 1.807) is 0 Å². The van der Waals surface area contributed by atoms with Crippen LogP contribution in [0.15, 0.2) is 0 Å². The molecule has 1 fully saturated rings. The summed E-state index contributed by atoms with van der Waals surface area (Å²) in [6.07, 6.45) is 17.5. The van der Waals surface area contributed by atoms with E-state index in [0.717, 1.165) is 12.8 Å². The van der Waals surface area contributed by atoms with Crippen LogP contribution < -0.4 is 0 Å². The summed E-state index contributed by atoms with van der Waals surface area (Å²) in [6.45, 7) is 4.10. The number of rotatable bonds is 16. The zero-order valence-corrected chi connectivity index (χ0v) is 18.8. The SMILES string of the molecule is CCCCCCCCCCCCCCOC(=O)C1CCN(C(=O)CCCl)CC1. The number of hydrogen-bond donors (Lipinski definition) is 0. The van der Waals surface area contributed by atoms with Crippen molar-refractivity contribution in [1.82, 2.24) is 4.90 Å². The number of halogens is 1. The highest BCUT2D eigenvalue weighted by molar-refractivity contribution is 6.18. The van der Waals surface area contributed by atoms with Crippen LogP contribution in [0.4, 0.5) is 0 Å². The van der Waals surface area contributed by atoms with Gasteiger partial charge < -0.3 is 9.64 Å². The number of carbonyl (C=O) groups is 2. The fourth-order valence-corrected chi connectivity index (χ4v) is 4.00. The first-order valence-corrected chi connectivity index (χ1v) is 12.2. The fourth-order valence-electron chi connectivity index (χ4n) is 3.84. The first-order chi connectivity index (χ1) is 13.7. The van der Waals surface area contributed by atoms with Crippen molar-refractivity contribution in [3.8, 4) is 0 Å². The van der Waals surface area contributed by atoms with Crippen molar-refractivity contribution in [3.05, 3.63) is 0 Å². The van der Waals surface area contributed by atoms with Gasteiger partial charge in [0.1, 0.15) is 0 Å². The Morgan fingerprint density at radius 1 is 0.857 bits per heavy atom. The summed E-state index contributed by atoms with van der Waals surface area (Å²) in [5.74, 6) is 0.336. The summed E-state index contributed by atoms with van der Waals surface area (Å²) in [7, 11) is 0. The quantitative estimate of drug-likeness (QED) is 0.174. The van der Waals surface area contributed by atoms with Gasteiger partial charge in [0.05, 0.1) is 12.5 Å². The molecule has 1 aliphatic rings. The number of piperidine rings is 1. The maximum atomic E-state index is 12.2. The molecule has 1 heterocycles. The Balaban J connectivity index is 1.90. The minimum Gasteiger partial charge on any atom is -0.465 e. The van der Waals surface area contributed by atoms with Crippen molar-refractivity contribution >= 4 is 23.5 Å². The molecule has 0 atom stereocenters. The molecule has 0 N–H and O–H groups in total. The van der Waals surface area contributed by atoms with E-state index in [1.807, 2.05) is 4.90 Å². The van der Waals surface area contributed by atoms with Crippen LogP contribution >= 0.6 is 11.6 Å². The Bertz CT molecular complexity index is 409. The molecule has 0 aromatic heterocycles. The van der Waals surface area contributed by atoms with Crippen LogP contribution in [-0.2, 0) is 14.3 Å². The van der Waals surface area contributed by atoms with E-state index in [0.29, 0.717) is 44.8 Å². The molecule has 4 nitrogen and oxygen atoms in total. The van der Waals surface area contributed by atoms with Gasteiger partial charge in [-0.2, -0.15) is 0 Å². The van der Waals surface area contributed by atoms with E-state index < -0.39 is 0 Å². The largest absolute Gasteiger partial charge is 0.465 e. The van der Waals surface area contributed by atoms with Gasteiger partial charge in [0, 0.05) is 25.4 Å². The third-order valence-electron chi connectivity index (χ3n) is 5.73. The third-order valence-corrected chi connectivity index (χ3v) is 5.92.